The molecule has 2 aromatic rings. The van der Waals surface area contributed by atoms with Gasteiger partial charge in [-0.05, 0) is 48.6 Å². The highest BCUT2D eigenvalue weighted by Gasteiger charge is 2.41. The summed E-state index contributed by atoms with van der Waals surface area (Å²) in [7, 11) is 2.77. The maximum absolute atomic E-state index is 13.5. The van der Waals surface area contributed by atoms with Gasteiger partial charge in [-0.2, -0.15) is 0 Å². The molecule has 0 saturated heterocycles. The van der Waals surface area contributed by atoms with Crippen molar-refractivity contribution < 1.29 is 24.2 Å². The smallest absolute Gasteiger partial charge is 0.336 e. The van der Waals surface area contributed by atoms with Crippen molar-refractivity contribution in [1.29, 1.82) is 0 Å². The van der Waals surface area contributed by atoms with Crippen LogP contribution in [0.5, 0.6) is 11.5 Å². The zero-order valence-electron chi connectivity index (χ0n) is 18.1. The van der Waals surface area contributed by atoms with Gasteiger partial charge in [0, 0.05) is 34.3 Å². The van der Waals surface area contributed by atoms with E-state index in [4.69, 9.17) is 21.1 Å². The van der Waals surface area contributed by atoms with Crippen molar-refractivity contribution in [2.24, 2.45) is 0 Å². The number of hydrogen-bond donors (Lipinski definition) is 2. The lowest BCUT2D eigenvalue weighted by molar-refractivity contribution is -0.136. The summed E-state index contributed by atoms with van der Waals surface area (Å²) in [5.41, 5.74) is 3.89. The summed E-state index contributed by atoms with van der Waals surface area (Å²) in [6.45, 7) is 1.80. The van der Waals surface area contributed by atoms with Crippen LogP contribution in [0.15, 0.2) is 65.0 Å². The van der Waals surface area contributed by atoms with E-state index in [1.807, 2.05) is 24.3 Å². The third-order valence-corrected chi connectivity index (χ3v) is 6.46. The van der Waals surface area contributed by atoms with Crippen LogP contribution in [0.1, 0.15) is 42.7 Å². The molecule has 0 unspecified atom stereocenters. The summed E-state index contributed by atoms with van der Waals surface area (Å²) in [6.07, 6.45) is 0.867. The predicted octanol–water partition coefficient (Wildman–Crippen LogP) is 4.59. The Morgan fingerprint density at radius 3 is 2.59 bits per heavy atom. The summed E-state index contributed by atoms with van der Waals surface area (Å²) in [5, 5.41) is 14.0. The highest BCUT2D eigenvalue weighted by molar-refractivity contribution is 6.31. The molecule has 0 aromatic heterocycles. The Hall–Kier alpha value is -3.25. The molecule has 6 nitrogen and oxygen atoms in total. The first kappa shape index (κ1) is 22.0. The summed E-state index contributed by atoms with van der Waals surface area (Å²) in [6, 6.07) is 12.4. The van der Waals surface area contributed by atoms with Gasteiger partial charge >= 0.3 is 5.97 Å². The summed E-state index contributed by atoms with van der Waals surface area (Å²) >= 11 is 6.41. The minimum Gasteiger partial charge on any atom is -0.504 e. The molecule has 0 fully saturated rings. The Morgan fingerprint density at radius 2 is 1.91 bits per heavy atom. The molecule has 0 spiro atoms. The first-order valence-electron chi connectivity index (χ1n) is 10.3. The lowest BCUT2D eigenvalue weighted by atomic mass is 9.71. The number of phenols is 1. The lowest BCUT2D eigenvalue weighted by Crippen LogP contribution is -2.36. The summed E-state index contributed by atoms with van der Waals surface area (Å²) in [5.74, 6) is -1.03. The number of hydrogen-bond acceptors (Lipinski definition) is 6. The Labute approximate surface area is 191 Å². The molecular weight excluding hydrogens is 430 g/mol. The van der Waals surface area contributed by atoms with Gasteiger partial charge < -0.3 is 19.9 Å². The van der Waals surface area contributed by atoms with E-state index in [-0.39, 0.29) is 29.6 Å². The van der Waals surface area contributed by atoms with Crippen molar-refractivity contribution in [3.05, 3.63) is 81.2 Å². The van der Waals surface area contributed by atoms with E-state index < -0.39 is 11.9 Å². The van der Waals surface area contributed by atoms with Crippen LogP contribution in [0.4, 0.5) is 0 Å². The van der Waals surface area contributed by atoms with Crippen LogP contribution in [-0.2, 0) is 14.3 Å². The maximum atomic E-state index is 13.5. The van der Waals surface area contributed by atoms with Gasteiger partial charge in [0.25, 0.3) is 0 Å². The molecule has 1 heterocycles. The molecule has 0 amide bonds. The quantitative estimate of drug-likeness (QED) is 0.659. The van der Waals surface area contributed by atoms with Crippen LogP contribution in [0, 0.1) is 0 Å². The van der Waals surface area contributed by atoms with E-state index in [2.05, 4.69) is 5.32 Å². The number of carbonyl (C=O) groups excluding carboxylic acids is 2. The van der Waals surface area contributed by atoms with E-state index >= 15 is 0 Å². The van der Waals surface area contributed by atoms with E-state index in [0.29, 0.717) is 33.9 Å². The number of nitrogens with one attached hydrogen (secondary N) is 1. The van der Waals surface area contributed by atoms with Gasteiger partial charge in [-0.25, -0.2) is 4.79 Å². The predicted molar refractivity (Wildman–Crippen MR) is 121 cm³/mol. The van der Waals surface area contributed by atoms with Crippen LogP contribution >= 0.6 is 11.6 Å². The van der Waals surface area contributed by atoms with Gasteiger partial charge in [0.2, 0.25) is 0 Å². The summed E-state index contributed by atoms with van der Waals surface area (Å²) in [4.78, 5) is 26.2. The van der Waals surface area contributed by atoms with E-state index in [1.54, 1.807) is 19.1 Å². The number of aromatic hydroxyl groups is 1. The number of methoxy groups -OCH3 is 2. The fourth-order valence-electron chi connectivity index (χ4n) is 4.65. The number of carbonyl (C=O) groups is 2. The second-order valence-electron chi connectivity index (χ2n) is 7.96. The number of benzene rings is 2. The highest BCUT2D eigenvalue weighted by atomic mass is 35.5. The molecule has 2 aromatic carbocycles. The zero-order chi connectivity index (χ0) is 23.0. The largest absolute Gasteiger partial charge is 0.504 e. The van der Waals surface area contributed by atoms with Gasteiger partial charge in [-0.3, -0.25) is 4.79 Å². The maximum Gasteiger partial charge on any atom is 0.336 e. The van der Waals surface area contributed by atoms with E-state index in [1.165, 1.54) is 20.3 Å². The first-order valence-corrected chi connectivity index (χ1v) is 10.7. The number of dihydropyridines is 1. The Balaban J connectivity index is 1.84. The van der Waals surface area contributed by atoms with Crippen molar-refractivity contribution in [3.8, 4) is 11.5 Å². The van der Waals surface area contributed by atoms with Crippen LogP contribution in [-0.4, -0.2) is 31.1 Å². The zero-order valence-corrected chi connectivity index (χ0v) is 18.8. The number of ketones is 1. The van der Waals surface area contributed by atoms with Gasteiger partial charge in [0.05, 0.1) is 19.8 Å². The number of allylic oxidation sites excluding steroid dienone is 3. The standard InChI is InChI=1S/C25H24ClNO5/c1-13-22(25(30)32-3)23(14-8-9-19(28)21(12-14)31-2)24-18(27-13)10-15(11-20(24)29)16-6-4-5-7-17(16)26/h4-9,12,15,23,27-28H,10-11H2,1-3H3/t15-,23-/m1/s1. The SMILES string of the molecule is COC(=O)C1=C(C)NC2=C(C(=O)C[C@H](c3ccccc3Cl)C2)[C@@H]1c1ccc(O)c(OC)c1. The molecule has 4 rings (SSSR count). The van der Waals surface area contributed by atoms with Crippen molar-refractivity contribution in [1.82, 2.24) is 5.32 Å². The number of phenolic OH excluding ortho intramolecular Hbond substituents is 1. The van der Waals surface area contributed by atoms with Crippen molar-refractivity contribution in [2.45, 2.75) is 31.6 Å². The summed E-state index contributed by atoms with van der Waals surface area (Å²) < 4.78 is 10.3. The fourth-order valence-corrected chi connectivity index (χ4v) is 4.94. The third kappa shape index (κ3) is 3.75. The average molecular weight is 454 g/mol. The number of ether oxygens (including phenoxy) is 2. The molecule has 0 bridgehead atoms. The van der Waals surface area contributed by atoms with Gasteiger partial charge in [-0.15, -0.1) is 0 Å². The average Bonchev–Trinajstić information content (AvgIpc) is 2.78. The lowest BCUT2D eigenvalue weighted by Gasteiger charge is -2.36. The van der Waals surface area contributed by atoms with E-state index in [0.717, 1.165) is 11.3 Å². The van der Waals surface area contributed by atoms with Gasteiger partial charge in [-0.1, -0.05) is 35.9 Å². The molecular formula is C25H24ClNO5. The van der Waals surface area contributed by atoms with E-state index in [9.17, 15) is 14.7 Å². The molecule has 2 aliphatic rings. The third-order valence-electron chi connectivity index (χ3n) is 6.12. The Kier molecular flexibility index (Phi) is 5.98. The highest BCUT2D eigenvalue weighted by Crippen LogP contribution is 2.47. The second-order valence-corrected chi connectivity index (χ2v) is 8.37. The molecule has 7 heteroatoms. The van der Waals surface area contributed by atoms with Gasteiger partial charge in [0.15, 0.2) is 17.3 Å². The van der Waals surface area contributed by atoms with Crippen LogP contribution in [0.2, 0.25) is 5.02 Å². The number of esters is 1. The number of Topliss-reactive ketones (excluding diaryl/α,β-unsaturated/α-hetero) is 1. The molecule has 2 atom stereocenters. The van der Waals surface area contributed by atoms with Crippen molar-refractivity contribution >= 4 is 23.4 Å². The molecule has 0 saturated carbocycles. The van der Waals surface area contributed by atoms with Crippen molar-refractivity contribution in [3.63, 3.8) is 0 Å². The minimum absolute atomic E-state index is 0.0199. The van der Waals surface area contributed by atoms with Crippen LogP contribution in [0.3, 0.4) is 0 Å². The first-order chi connectivity index (χ1) is 15.3. The normalized spacial score (nSPS) is 20.6. The van der Waals surface area contributed by atoms with Crippen molar-refractivity contribution in [2.75, 3.05) is 14.2 Å². The molecule has 32 heavy (non-hydrogen) atoms. The van der Waals surface area contributed by atoms with Crippen LogP contribution in [0.25, 0.3) is 0 Å². The number of halogens is 1. The molecule has 166 valence electrons. The molecule has 1 aliphatic heterocycles. The Morgan fingerprint density at radius 1 is 1.16 bits per heavy atom. The molecule has 2 N–H and O–H groups in total. The van der Waals surface area contributed by atoms with Crippen LogP contribution < -0.4 is 10.1 Å². The second kappa shape index (κ2) is 8.71. The molecule has 0 radical (unpaired) electrons. The fraction of sp³-hybridized carbons (Fsp3) is 0.280. The topological polar surface area (TPSA) is 84.9 Å². The van der Waals surface area contributed by atoms with Gasteiger partial charge in [0.1, 0.15) is 0 Å². The number of rotatable bonds is 4. The minimum atomic E-state index is -0.632. The monoisotopic (exact) mass is 453 g/mol. The Bertz CT molecular complexity index is 1170. The molecule has 1 aliphatic carbocycles.